The van der Waals surface area contributed by atoms with Crippen LogP contribution in [0.3, 0.4) is 0 Å². The van der Waals surface area contributed by atoms with E-state index in [1.165, 1.54) is 0 Å². The molecule has 2 heterocycles. The summed E-state index contributed by atoms with van der Waals surface area (Å²) in [6.07, 6.45) is 1.52. The van der Waals surface area contributed by atoms with Crippen LogP contribution >= 0.6 is 0 Å². The molecule has 2 unspecified atom stereocenters. The van der Waals surface area contributed by atoms with E-state index in [1.807, 2.05) is 58.8 Å². The van der Waals surface area contributed by atoms with Gasteiger partial charge in [0.1, 0.15) is 12.1 Å². The van der Waals surface area contributed by atoms with Crippen molar-refractivity contribution in [3.05, 3.63) is 29.8 Å². The summed E-state index contributed by atoms with van der Waals surface area (Å²) in [6.45, 7) is 8.32. The van der Waals surface area contributed by atoms with Gasteiger partial charge in [-0.25, -0.2) is 0 Å². The monoisotopic (exact) mass is 499 g/mol. The number of carbonyl (C=O) groups excluding carboxylic acids is 4. The maximum atomic E-state index is 13.7. The quantitative estimate of drug-likeness (QED) is 0.534. The van der Waals surface area contributed by atoms with Gasteiger partial charge in [0.05, 0.1) is 18.6 Å². The van der Waals surface area contributed by atoms with Gasteiger partial charge in [-0.05, 0) is 55.4 Å². The van der Waals surface area contributed by atoms with E-state index in [-0.39, 0.29) is 47.9 Å². The van der Waals surface area contributed by atoms with Gasteiger partial charge >= 0.3 is 0 Å². The van der Waals surface area contributed by atoms with Crippen LogP contribution in [0, 0.1) is 11.8 Å². The van der Waals surface area contributed by atoms with Gasteiger partial charge in [-0.1, -0.05) is 27.7 Å². The molecule has 2 fully saturated rings. The summed E-state index contributed by atoms with van der Waals surface area (Å²) in [7, 11) is 3.85. The highest BCUT2D eigenvalue weighted by atomic mass is 16.2. The van der Waals surface area contributed by atoms with Gasteiger partial charge in [0.2, 0.25) is 11.8 Å². The average molecular weight is 500 g/mol. The smallest absolute Gasteiger partial charge is 0.251 e. The first-order chi connectivity index (χ1) is 16.9. The minimum Gasteiger partial charge on any atom is -0.378 e. The molecule has 0 radical (unpaired) electrons. The molecule has 0 bridgehead atoms. The summed E-state index contributed by atoms with van der Waals surface area (Å²) in [6, 6.07) is 4.71. The second kappa shape index (κ2) is 11.4. The molecule has 198 valence electrons. The molecule has 3 N–H and O–H groups in total. The van der Waals surface area contributed by atoms with Crippen molar-refractivity contribution in [2.45, 2.75) is 71.1 Å². The van der Waals surface area contributed by atoms with Crippen LogP contribution in [-0.4, -0.2) is 84.7 Å². The SMILES string of the molecule is CC(C)C[C@H](NC(=O)c1ccc(N(C)C)cc1)C(=O)N1CCC2C1C(=O)CN2C(=O)[C@@H](N)CC(C)C. The van der Waals surface area contributed by atoms with Crippen LogP contribution in [0.15, 0.2) is 24.3 Å². The summed E-state index contributed by atoms with van der Waals surface area (Å²) < 4.78 is 0. The predicted octanol–water partition coefficient (Wildman–Crippen LogP) is 1.65. The van der Waals surface area contributed by atoms with E-state index >= 15 is 0 Å². The highest BCUT2D eigenvalue weighted by Crippen LogP contribution is 2.31. The number of likely N-dealkylation sites (tertiary alicyclic amines) is 2. The normalized spacial score (nSPS) is 21.1. The Kier molecular flexibility index (Phi) is 8.76. The molecule has 9 nitrogen and oxygen atoms in total. The molecule has 2 aliphatic heterocycles. The van der Waals surface area contributed by atoms with E-state index in [0.29, 0.717) is 31.4 Å². The second-order valence-electron chi connectivity index (χ2n) is 11.1. The number of amides is 3. The van der Waals surface area contributed by atoms with E-state index in [1.54, 1.807) is 21.9 Å². The Morgan fingerprint density at radius 3 is 2.17 bits per heavy atom. The van der Waals surface area contributed by atoms with Gasteiger partial charge in [0, 0.05) is 31.9 Å². The van der Waals surface area contributed by atoms with Gasteiger partial charge in [0.25, 0.3) is 5.91 Å². The molecule has 1 aromatic carbocycles. The van der Waals surface area contributed by atoms with E-state index in [2.05, 4.69) is 5.32 Å². The van der Waals surface area contributed by atoms with Gasteiger partial charge in [-0.2, -0.15) is 0 Å². The first-order valence-corrected chi connectivity index (χ1v) is 12.9. The van der Waals surface area contributed by atoms with Crippen molar-refractivity contribution in [1.82, 2.24) is 15.1 Å². The molecule has 3 rings (SSSR count). The summed E-state index contributed by atoms with van der Waals surface area (Å²) in [4.78, 5) is 57.7. The zero-order valence-electron chi connectivity index (χ0n) is 22.4. The second-order valence-corrected chi connectivity index (χ2v) is 11.1. The molecule has 2 saturated heterocycles. The van der Waals surface area contributed by atoms with E-state index in [9.17, 15) is 19.2 Å². The van der Waals surface area contributed by atoms with Crippen LogP contribution < -0.4 is 16.0 Å². The van der Waals surface area contributed by atoms with E-state index in [0.717, 1.165) is 5.69 Å². The number of nitrogens with zero attached hydrogens (tertiary/aromatic N) is 3. The minimum atomic E-state index is -0.759. The maximum Gasteiger partial charge on any atom is 0.251 e. The fourth-order valence-electron chi connectivity index (χ4n) is 5.23. The Balaban J connectivity index is 1.74. The Bertz CT molecular complexity index is 975. The molecule has 0 aromatic heterocycles. The molecule has 4 atom stereocenters. The number of anilines is 1. The van der Waals surface area contributed by atoms with Crippen LogP contribution in [-0.2, 0) is 14.4 Å². The molecule has 0 saturated carbocycles. The topological polar surface area (TPSA) is 116 Å². The number of fused-ring (bicyclic) bond motifs is 1. The van der Waals surface area contributed by atoms with Crippen molar-refractivity contribution in [3.63, 3.8) is 0 Å². The lowest BCUT2D eigenvalue weighted by molar-refractivity contribution is -0.138. The van der Waals surface area contributed by atoms with Gasteiger partial charge in [-0.15, -0.1) is 0 Å². The zero-order chi connectivity index (χ0) is 26.7. The van der Waals surface area contributed by atoms with Gasteiger partial charge < -0.3 is 25.8 Å². The van der Waals surface area contributed by atoms with E-state index < -0.39 is 18.1 Å². The number of carbonyl (C=O) groups is 4. The van der Waals surface area contributed by atoms with Crippen molar-refractivity contribution in [2.75, 3.05) is 32.1 Å². The third-order valence-electron chi connectivity index (χ3n) is 6.99. The standard InChI is InChI=1S/C27H41N5O4/c1-16(2)13-20(28)26(35)32-15-23(33)24-22(32)11-12-31(24)27(36)21(14-17(3)4)29-25(34)18-7-9-19(10-8-18)30(5)6/h7-10,16-17,20-22,24H,11-15,28H2,1-6H3,(H,29,34)/t20-,21-,22?,24?/m0/s1. The number of ketones is 1. The van der Waals surface area contributed by atoms with Crippen molar-refractivity contribution < 1.29 is 19.2 Å². The van der Waals surface area contributed by atoms with Crippen LogP contribution in [0.25, 0.3) is 0 Å². The lowest BCUT2D eigenvalue weighted by Crippen LogP contribution is -2.53. The molecule has 2 aliphatic rings. The minimum absolute atomic E-state index is 0.0246. The number of hydrogen-bond donors (Lipinski definition) is 2. The van der Waals surface area contributed by atoms with Crippen molar-refractivity contribution in [3.8, 4) is 0 Å². The molecule has 0 spiro atoms. The maximum absolute atomic E-state index is 13.7. The summed E-state index contributed by atoms with van der Waals surface area (Å²) in [5.41, 5.74) is 7.56. The van der Waals surface area contributed by atoms with E-state index in [4.69, 9.17) is 5.73 Å². The Labute approximate surface area is 214 Å². The molecular weight excluding hydrogens is 458 g/mol. The van der Waals surface area contributed by atoms with Crippen LogP contribution in [0.4, 0.5) is 5.69 Å². The summed E-state index contributed by atoms with van der Waals surface area (Å²) in [5, 5.41) is 2.90. The number of hydrogen-bond acceptors (Lipinski definition) is 6. The van der Waals surface area contributed by atoms with Crippen molar-refractivity contribution in [1.29, 1.82) is 0 Å². The highest BCUT2D eigenvalue weighted by Gasteiger charge is 2.52. The molecule has 36 heavy (non-hydrogen) atoms. The van der Waals surface area contributed by atoms with Crippen LogP contribution in [0.5, 0.6) is 0 Å². The predicted molar refractivity (Wildman–Crippen MR) is 140 cm³/mol. The fourth-order valence-corrected chi connectivity index (χ4v) is 5.23. The number of benzene rings is 1. The highest BCUT2D eigenvalue weighted by molar-refractivity contribution is 6.01. The van der Waals surface area contributed by atoms with Crippen LogP contribution in [0.1, 0.15) is 57.3 Å². The third-order valence-corrected chi connectivity index (χ3v) is 6.99. The van der Waals surface area contributed by atoms with Crippen LogP contribution in [0.2, 0.25) is 0 Å². The molecule has 0 aliphatic carbocycles. The summed E-state index contributed by atoms with van der Waals surface area (Å²) in [5.74, 6) is -0.566. The van der Waals surface area contributed by atoms with Gasteiger partial charge in [-0.3, -0.25) is 19.2 Å². The third kappa shape index (κ3) is 6.06. The fraction of sp³-hybridized carbons (Fsp3) is 0.630. The molecular formula is C27H41N5O4. The number of rotatable bonds is 9. The molecule has 9 heteroatoms. The van der Waals surface area contributed by atoms with Crippen molar-refractivity contribution in [2.24, 2.45) is 17.6 Å². The molecule has 1 aromatic rings. The average Bonchev–Trinajstić information content (AvgIpc) is 3.38. The first-order valence-electron chi connectivity index (χ1n) is 12.9. The Morgan fingerprint density at radius 1 is 1.00 bits per heavy atom. The zero-order valence-corrected chi connectivity index (χ0v) is 22.4. The molecule has 3 amide bonds. The summed E-state index contributed by atoms with van der Waals surface area (Å²) >= 11 is 0. The van der Waals surface area contributed by atoms with Crippen molar-refractivity contribution >= 4 is 29.2 Å². The largest absolute Gasteiger partial charge is 0.378 e. The first kappa shape index (κ1) is 27.6. The lowest BCUT2D eigenvalue weighted by atomic mass is 10.0. The lowest BCUT2D eigenvalue weighted by Gasteiger charge is -2.29. The Hall–Kier alpha value is -2.94. The number of nitrogens with one attached hydrogen (secondary N) is 1. The number of Topliss-reactive ketones (excluding diaryl/α,β-unsaturated/α-hetero) is 1. The van der Waals surface area contributed by atoms with Gasteiger partial charge in [0.15, 0.2) is 5.78 Å². The number of nitrogens with two attached hydrogens (primary N) is 1. The Morgan fingerprint density at radius 2 is 1.61 bits per heavy atom.